The van der Waals surface area contributed by atoms with Crippen molar-refractivity contribution in [3.63, 3.8) is 0 Å². The molecule has 0 fully saturated rings. The van der Waals surface area contributed by atoms with E-state index in [0.717, 1.165) is 55.9 Å². The summed E-state index contributed by atoms with van der Waals surface area (Å²) in [4.78, 5) is 9.47. The monoisotopic (exact) mass is 604 g/mol. The maximum Gasteiger partial charge on any atom is 0.150 e. The molecule has 6 nitrogen and oxygen atoms in total. The molecule has 0 aliphatic heterocycles. The number of hydrogen-bond acceptors (Lipinski definition) is 4. The number of fused-ring (bicyclic) bond motifs is 1. The quantitative estimate of drug-likeness (QED) is 0.197. The number of aromatic nitrogens is 4. The SMILES string of the molecule is Cc1c(C)n(-c2cccc(Cl)c2)c2ncnc(Nc3c(C#N)c(-c4ccccc4)c(-c4ccccc4)n3Cc3ccccc3)c12. The lowest BCUT2D eigenvalue weighted by atomic mass is 9.98. The third kappa shape index (κ3) is 5.04. The fourth-order valence-electron chi connectivity index (χ4n) is 6.10. The summed E-state index contributed by atoms with van der Waals surface area (Å²) in [6.07, 6.45) is 1.57. The number of halogens is 1. The highest BCUT2D eigenvalue weighted by atomic mass is 35.5. The van der Waals surface area contributed by atoms with Crippen LogP contribution >= 0.6 is 11.6 Å². The molecule has 0 aliphatic rings. The highest BCUT2D eigenvalue weighted by Crippen LogP contribution is 2.44. The molecule has 218 valence electrons. The van der Waals surface area contributed by atoms with Gasteiger partial charge in [-0.15, -0.1) is 0 Å². The Hall–Kier alpha value is -5.64. The molecule has 0 saturated heterocycles. The lowest BCUT2D eigenvalue weighted by Crippen LogP contribution is -2.08. The van der Waals surface area contributed by atoms with Gasteiger partial charge < -0.3 is 9.88 Å². The van der Waals surface area contributed by atoms with Crippen molar-refractivity contribution in [1.82, 2.24) is 19.1 Å². The zero-order valence-corrected chi connectivity index (χ0v) is 25.6. The van der Waals surface area contributed by atoms with E-state index < -0.39 is 0 Å². The van der Waals surface area contributed by atoms with E-state index in [1.165, 1.54) is 0 Å². The largest absolute Gasteiger partial charge is 0.325 e. The van der Waals surface area contributed by atoms with Crippen molar-refractivity contribution in [2.45, 2.75) is 20.4 Å². The highest BCUT2D eigenvalue weighted by molar-refractivity contribution is 6.30. The van der Waals surface area contributed by atoms with Crippen molar-refractivity contribution in [1.29, 1.82) is 5.26 Å². The van der Waals surface area contributed by atoms with Crippen LogP contribution in [0.5, 0.6) is 0 Å². The van der Waals surface area contributed by atoms with Crippen molar-refractivity contribution in [2.24, 2.45) is 0 Å². The molecule has 3 aromatic heterocycles. The molecule has 4 aromatic carbocycles. The van der Waals surface area contributed by atoms with E-state index in [4.69, 9.17) is 21.6 Å². The van der Waals surface area contributed by atoms with Crippen molar-refractivity contribution in [2.75, 3.05) is 5.32 Å². The summed E-state index contributed by atoms with van der Waals surface area (Å²) in [6, 6.07) is 41.0. The van der Waals surface area contributed by atoms with Crippen molar-refractivity contribution >= 4 is 34.3 Å². The number of nitrogens with zero attached hydrogens (tertiary/aromatic N) is 5. The number of benzene rings is 4. The lowest BCUT2D eigenvalue weighted by molar-refractivity contribution is 0.822. The second-order valence-corrected chi connectivity index (χ2v) is 11.4. The molecule has 0 unspecified atom stereocenters. The van der Waals surface area contributed by atoms with E-state index in [0.29, 0.717) is 28.8 Å². The molecule has 0 amide bonds. The minimum absolute atomic E-state index is 0.546. The molecular formula is C38H29ClN6. The zero-order chi connectivity index (χ0) is 30.9. The summed E-state index contributed by atoms with van der Waals surface area (Å²) >= 11 is 6.39. The van der Waals surface area contributed by atoms with E-state index in [2.05, 4.69) is 70.8 Å². The Kier molecular flexibility index (Phi) is 7.38. The molecule has 0 saturated carbocycles. The van der Waals surface area contributed by atoms with Crippen LogP contribution in [0.25, 0.3) is 39.1 Å². The van der Waals surface area contributed by atoms with Gasteiger partial charge in [0.05, 0.1) is 11.1 Å². The van der Waals surface area contributed by atoms with Crippen LogP contribution < -0.4 is 5.32 Å². The minimum Gasteiger partial charge on any atom is -0.325 e. The normalized spacial score (nSPS) is 11.1. The maximum atomic E-state index is 10.8. The fourth-order valence-corrected chi connectivity index (χ4v) is 6.28. The van der Waals surface area contributed by atoms with Gasteiger partial charge in [-0.05, 0) is 54.3 Å². The molecule has 7 rings (SSSR count). The van der Waals surface area contributed by atoms with Crippen LogP contribution in [0.2, 0.25) is 5.02 Å². The topological polar surface area (TPSA) is 71.5 Å². The van der Waals surface area contributed by atoms with Gasteiger partial charge >= 0.3 is 0 Å². The first kappa shape index (κ1) is 28.1. The van der Waals surface area contributed by atoms with Gasteiger partial charge in [0.1, 0.15) is 29.6 Å². The molecule has 7 aromatic rings. The number of nitrogens with one attached hydrogen (secondary N) is 1. The summed E-state index contributed by atoms with van der Waals surface area (Å²) in [6.45, 7) is 4.69. The van der Waals surface area contributed by atoms with Gasteiger partial charge in [-0.2, -0.15) is 5.26 Å². The van der Waals surface area contributed by atoms with Crippen molar-refractivity contribution in [3.8, 4) is 34.1 Å². The Morgan fingerprint density at radius 2 is 1.47 bits per heavy atom. The van der Waals surface area contributed by atoms with Crippen LogP contribution in [-0.2, 0) is 6.54 Å². The second-order valence-electron chi connectivity index (χ2n) is 10.9. The Morgan fingerprint density at radius 3 is 2.13 bits per heavy atom. The number of anilines is 2. The average molecular weight is 605 g/mol. The lowest BCUT2D eigenvalue weighted by Gasteiger charge is -2.16. The van der Waals surface area contributed by atoms with Gasteiger partial charge in [-0.1, -0.05) is 109 Å². The zero-order valence-electron chi connectivity index (χ0n) is 24.9. The van der Waals surface area contributed by atoms with E-state index in [1.807, 2.05) is 78.9 Å². The first-order valence-corrected chi connectivity index (χ1v) is 15.1. The average Bonchev–Trinajstić information content (AvgIpc) is 3.52. The predicted octanol–water partition coefficient (Wildman–Crippen LogP) is 9.49. The van der Waals surface area contributed by atoms with Gasteiger partial charge in [0, 0.05) is 28.5 Å². The second kappa shape index (κ2) is 11.8. The van der Waals surface area contributed by atoms with Gasteiger partial charge in [0.25, 0.3) is 0 Å². The van der Waals surface area contributed by atoms with Crippen molar-refractivity contribution < 1.29 is 0 Å². The van der Waals surface area contributed by atoms with E-state index in [1.54, 1.807) is 6.33 Å². The standard InChI is InChI=1S/C38H29ClN6/c1-25-26(2)45(31-20-12-19-30(39)21-31)38-33(25)36(41-24-42-38)43-37-32(22-40)34(28-15-8-4-9-16-28)35(29-17-10-5-11-18-29)44(37)23-27-13-6-3-7-14-27/h3-21,24H,23H2,1-2H3,(H,41,42,43). The third-order valence-electron chi connectivity index (χ3n) is 8.26. The predicted molar refractivity (Wildman–Crippen MR) is 182 cm³/mol. The highest BCUT2D eigenvalue weighted by Gasteiger charge is 2.27. The van der Waals surface area contributed by atoms with E-state index in [-0.39, 0.29) is 0 Å². The number of aryl methyl sites for hydroxylation is 1. The molecule has 0 atom stereocenters. The fraction of sp³-hybridized carbons (Fsp3) is 0.0789. The Labute approximate surface area is 266 Å². The number of hydrogen-bond donors (Lipinski definition) is 1. The van der Waals surface area contributed by atoms with Crippen LogP contribution in [0.4, 0.5) is 11.6 Å². The summed E-state index contributed by atoms with van der Waals surface area (Å²) < 4.78 is 4.30. The molecule has 0 spiro atoms. The van der Waals surface area contributed by atoms with Gasteiger partial charge in [0.2, 0.25) is 0 Å². The van der Waals surface area contributed by atoms with Gasteiger partial charge in [0.15, 0.2) is 5.65 Å². The van der Waals surface area contributed by atoms with Gasteiger partial charge in [-0.3, -0.25) is 4.57 Å². The summed E-state index contributed by atoms with van der Waals surface area (Å²) in [5.41, 5.74) is 9.23. The van der Waals surface area contributed by atoms with Crippen LogP contribution in [-0.4, -0.2) is 19.1 Å². The Balaban J connectivity index is 1.50. The van der Waals surface area contributed by atoms with E-state index in [9.17, 15) is 5.26 Å². The summed E-state index contributed by atoms with van der Waals surface area (Å²) in [5.74, 6) is 1.30. The molecule has 0 bridgehead atoms. The van der Waals surface area contributed by atoms with Gasteiger partial charge in [-0.25, -0.2) is 9.97 Å². The van der Waals surface area contributed by atoms with E-state index >= 15 is 0 Å². The van der Waals surface area contributed by atoms with Crippen LogP contribution in [0.3, 0.4) is 0 Å². The minimum atomic E-state index is 0.546. The number of rotatable bonds is 7. The molecule has 0 radical (unpaired) electrons. The smallest absolute Gasteiger partial charge is 0.150 e. The van der Waals surface area contributed by atoms with Crippen LogP contribution in [0.1, 0.15) is 22.4 Å². The molecule has 7 heteroatoms. The molecule has 3 heterocycles. The first-order chi connectivity index (χ1) is 22.0. The summed E-state index contributed by atoms with van der Waals surface area (Å²) in [5, 5.41) is 16.0. The maximum absolute atomic E-state index is 10.8. The molecule has 1 N–H and O–H groups in total. The Morgan fingerprint density at radius 1 is 0.800 bits per heavy atom. The molecular weight excluding hydrogens is 576 g/mol. The first-order valence-electron chi connectivity index (χ1n) is 14.7. The molecule has 0 aliphatic carbocycles. The van der Waals surface area contributed by atoms with Crippen molar-refractivity contribution in [3.05, 3.63) is 149 Å². The summed E-state index contributed by atoms with van der Waals surface area (Å²) in [7, 11) is 0. The molecule has 45 heavy (non-hydrogen) atoms. The van der Waals surface area contributed by atoms with Crippen LogP contribution in [0, 0.1) is 25.2 Å². The Bertz CT molecular complexity index is 2190. The third-order valence-corrected chi connectivity index (χ3v) is 8.50. The number of nitriles is 1. The van der Waals surface area contributed by atoms with Crippen LogP contribution in [0.15, 0.2) is 122 Å².